The molecule has 1 aromatic heterocycles. The quantitative estimate of drug-likeness (QED) is 0.857. The molecule has 1 heterocycles. The summed E-state index contributed by atoms with van der Waals surface area (Å²) in [5.41, 5.74) is 7.21. The highest BCUT2D eigenvalue weighted by atomic mass is 16.5. The van der Waals surface area contributed by atoms with E-state index in [1.165, 1.54) is 0 Å². The maximum Gasteiger partial charge on any atom is 0.228 e. The van der Waals surface area contributed by atoms with Crippen molar-refractivity contribution in [2.45, 2.75) is 19.8 Å². The number of ether oxygens (including phenoxy) is 2. The van der Waals surface area contributed by atoms with Crippen molar-refractivity contribution in [2.75, 3.05) is 20.0 Å². The molecule has 0 saturated heterocycles. The van der Waals surface area contributed by atoms with E-state index in [9.17, 15) is 0 Å². The van der Waals surface area contributed by atoms with Crippen LogP contribution in [0.3, 0.4) is 0 Å². The Kier molecular flexibility index (Phi) is 3.64. The molecule has 0 saturated carbocycles. The van der Waals surface area contributed by atoms with Crippen LogP contribution in [0.5, 0.6) is 11.5 Å². The lowest BCUT2D eigenvalue weighted by Crippen LogP contribution is -1.97. The van der Waals surface area contributed by atoms with Crippen LogP contribution in [0.2, 0.25) is 0 Å². The molecule has 0 aliphatic carbocycles. The van der Waals surface area contributed by atoms with Crippen LogP contribution in [0.15, 0.2) is 22.7 Å². The third-order valence-corrected chi connectivity index (χ3v) is 2.89. The first-order valence-electron chi connectivity index (χ1n) is 6.04. The van der Waals surface area contributed by atoms with E-state index in [-0.39, 0.29) is 5.92 Å². The first-order valence-corrected chi connectivity index (χ1v) is 6.04. The van der Waals surface area contributed by atoms with Crippen molar-refractivity contribution >= 4 is 5.69 Å². The van der Waals surface area contributed by atoms with Crippen LogP contribution >= 0.6 is 0 Å². The molecule has 0 unspecified atom stereocenters. The summed E-state index contributed by atoms with van der Waals surface area (Å²) in [5, 5.41) is 0. The van der Waals surface area contributed by atoms with Crippen LogP contribution in [0.25, 0.3) is 11.5 Å². The molecule has 0 aliphatic rings. The van der Waals surface area contributed by atoms with Crippen LogP contribution in [0, 0.1) is 0 Å². The molecular formula is C14H18N2O3. The Morgan fingerprint density at radius 2 is 1.95 bits per heavy atom. The molecular weight excluding hydrogens is 244 g/mol. The van der Waals surface area contributed by atoms with Crippen LogP contribution in [0.1, 0.15) is 25.5 Å². The van der Waals surface area contributed by atoms with Crippen LogP contribution in [-0.4, -0.2) is 19.2 Å². The van der Waals surface area contributed by atoms with Gasteiger partial charge in [-0.1, -0.05) is 13.8 Å². The number of methoxy groups -OCH3 is 2. The van der Waals surface area contributed by atoms with Crippen molar-refractivity contribution in [3.8, 4) is 23.0 Å². The SMILES string of the molecule is COc1cc(OC)c(N)c(-c2ncc(C(C)C)o2)c1. The van der Waals surface area contributed by atoms with E-state index in [1.54, 1.807) is 32.5 Å². The molecule has 0 aliphatic heterocycles. The summed E-state index contributed by atoms with van der Waals surface area (Å²) < 4.78 is 16.2. The van der Waals surface area contributed by atoms with Gasteiger partial charge in [0.2, 0.25) is 5.89 Å². The highest BCUT2D eigenvalue weighted by Crippen LogP contribution is 2.37. The first kappa shape index (κ1) is 13.3. The van der Waals surface area contributed by atoms with Gasteiger partial charge in [-0.05, 0) is 6.07 Å². The van der Waals surface area contributed by atoms with Crippen molar-refractivity contribution in [3.63, 3.8) is 0 Å². The number of anilines is 1. The summed E-state index contributed by atoms with van der Waals surface area (Å²) >= 11 is 0. The van der Waals surface area contributed by atoms with E-state index in [0.717, 1.165) is 5.76 Å². The topological polar surface area (TPSA) is 70.5 Å². The Balaban J connectivity index is 2.53. The van der Waals surface area contributed by atoms with Gasteiger partial charge < -0.3 is 19.6 Å². The number of hydrogen-bond acceptors (Lipinski definition) is 5. The summed E-state index contributed by atoms with van der Waals surface area (Å²) in [7, 11) is 3.15. The van der Waals surface area contributed by atoms with Gasteiger partial charge in [-0.2, -0.15) is 0 Å². The van der Waals surface area contributed by atoms with Crippen molar-refractivity contribution in [3.05, 3.63) is 24.1 Å². The van der Waals surface area contributed by atoms with Crippen molar-refractivity contribution in [1.29, 1.82) is 0 Å². The number of nitrogens with two attached hydrogens (primary N) is 1. The number of nitrogen functional groups attached to an aromatic ring is 1. The van der Waals surface area contributed by atoms with Gasteiger partial charge in [-0.25, -0.2) is 4.98 Å². The Labute approximate surface area is 112 Å². The number of aromatic nitrogens is 1. The lowest BCUT2D eigenvalue weighted by atomic mass is 10.1. The van der Waals surface area contributed by atoms with Gasteiger partial charge in [0.05, 0.1) is 31.7 Å². The summed E-state index contributed by atoms with van der Waals surface area (Å²) in [6.07, 6.45) is 1.71. The summed E-state index contributed by atoms with van der Waals surface area (Å²) in [5.74, 6) is 2.74. The monoisotopic (exact) mass is 262 g/mol. The number of rotatable bonds is 4. The average Bonchev–Trinajstić information content (AvgIpc) is 2.88. The molecule has 0 fully saturated rings. The third-order valence-electron chi connectivity index (χ3n) is 2.89. The minimum Gasteiger partial charge on any atom is -0.497 e. The van der Waals surface area contributed by atoms with Crippen LogP contribution < -0.4 is 15.2 Å². The highest BCUT2D eigenvalue weighted by Gasteiger charge is 2.16. The predicted octanol–water partition coefficient (Wildman–Crippen LogP) is 3.06. The average molecular weight is 262 g/mol. The molecule has 1 aromatic carbocycles. The lowest BCUT2D eigenvalue weighted by Gasteiger charge is -2.10. The van der Waals surface area contributed by atoms with E-state index in [1.807, 2.05) is 13.8 Å². The van der Waals surface area contributed by atoms with Gasteiger partial charge in [0.25, 0.3) is 0 Å². The fourth-order valence-corrected chi connectivity index (χ4v) is 1.74. The van der Waals surface area contributed by atoms with E-state index in [2.05, 4.69) is 4.98 Å². The number of nitrogens with zero attached hydrogens (tertiary/aromatic N) is 1. The molecule has 2 N–H and O–H groups in total. The van der Waals surface area contributed by atoms with Gasteiger partial charge in [0.1, 0.15) is 17.3 Å². The van der Waals surface area contributed by atoms with Crippen molar-refractivity contribution in [2.24, 2.45) is 0 Å². The molecule has 2 aromatic rings. The fraction of sp³-hybridized carbons (Fsp3) is 0.357. The standard InChI is InChI=1S/C14H18N2O3/c1-8(2)12-7-16-14(19-12)10-5-9(17-3)6-11(18-4)13(10)15/h5-8H,15H2,1-4H3. The molecule has 5 nitrogen and oxygen atoms in total. The van der Waals surface area contributed by atoms with Gasteiger partial charge in [0, 0.05) is 12.0 Å². The van der Waals surface area contributed by atoms with Gasteiger partial charge in [0.15, 0.2) is 0 Å². The Hall–Kier alpha value is -2.17. The molecule has 0 atom stereocenters. The van der Waals surface area contributed by atoms with Crippen LogP contribution in [0.4, 0.5) is 5.69 Å². The van der Waals surface area contributed by atoms with Gasteiger partial charge in [-0.15, -0.1) is 0 Å². The molecule has 0 spiro atoms. The number of benzene rings is 1. The van der Waals surface area contributed by atoms with E-state index in [4.69, 9.17) is 19.6 Å². The van der Waals surface area contributed by atoms with Crippen LogP contribution in [-0.2, 0) is 0 Å². The molecule has 19 heavy (non-hydrogen) atoms. The number of oxazole rings is 1. The molecule has 102 valence electrons. The normalized spacial score (nSPS) is 10.8. The largest absolute Gasteiger partial charge is 0.497 e. The Morgan fingerprint density at radius 1 is 1.21 bits per heavy atom. The highest BCUT2D eigenvalue weighted by molar-refractivity contribution is 5.78. The number of hydrogen-bond donors (Lipinski definition) is 1. The minimum absolute atomic E-state index is 0.273. The maximum absolute atomic E-state index is 6.05. The summed E-state index contributed by atoms with van der Waals surface area (Å²) in [6, 6.07) is 3.51. The molecule has 2 rings (SSSR count). The lowest BCUT2D eigenvalue weighted by molar-refractivity contribution is 0.395. The first-order chi connectivity index (χ1) is 9.06. The maximum atomic E-state index is 6.05. The Morgan fingerprint density at radius 3 is 2.47 bits per heavy atom. The fourth-order valence-electron chi connectivity index (χ4n) is 1.74. The van der Waals surface area contributed by atoms with Crippen molar-refractivity contribution < 1.29 is 13.9 Å². The second-order valence-corrected chi connectivity index (χ2v) is 4.51. The predicted molar refractivity (Wildman–Crippen MR) is 73.5 cm³/mol. The molecule has 5 heteroatoms. The second kappa shape index (κ2) is 5.22. The molecule has 0 radical (unpaired) electrons. The third kappa shape index (κ3) is 2.50. The molecule has 0 bridgehead atoms. The molecule has 0 amide bonds. The van der Waals surface area contributed by atoms with E-state index in [0.29, 0.717) is 28.6 Å². The Bertz CT molecular complexity index is 576. The second-order valence-electron chi connectivity index (χ2n) is 4.51. The zero-order chi connectivity index (χ0) is 14.0. The van der Waals surface area contributed by atoms with Gasteiger partial charge >= 0.3 is 0 Å². The zero-order valence-corrected chi connectivity index (χ0v) is 11.6. The van der Waals surface area contributed by atoms with E-state index >= 15 is 0 Å². The van der Waals surface area contributed by atoms with E-state index < -0.39 is 0 Å². The van der Waals surface area contributed by atoms with Crippen molar-refractivity contribution in [1.82, 2.24) is 4.98 Å². The smallest absolute Gasteiger partial charge is 0.228 e. The summed E-state index contributed by atoms with van der Waals surface area (Å²) in [6.45, 7) is 4.08. The minimum atomic E-state index is 0.273. The zero-order valence-electron chi connectivity index (χ0n) is 11.6. The summed E-state index contributed by atoms with van der Waals surface area (Å²) in [4.78, 5) is 4.26. The van der Waals surface area contributed by atoms with Gasteiger partial charge in [-0.3, -0.25) is 0 Å².